The fraction of sp³-hybridized carbons (Fsp3) is 0.0909. The van der Waals surface area contributed by atoms with Gasteiger partial charge in [-0.15, -0.1) is 0 Å². The summed E-state index contributed by atoms with van der Waals surface area (Å²) in [5, 5.41) is 17.9. The van der Waals surface area contributed by atoms with Crippen LogP contribution in [0.4, 0.5) is 0 Å². The van der Waals surface area contributed by atoms with Crippen molar-refractivity contribution in [3.63, 3.8) is 0 Å². The van der Waals surface area contributed by atoms with E-state index in [1.54, 1.807) is 29.4 Å². The van der Waals surface area contributed by atoms with E-state index >= 15 is 0 Å². The third-order valence-electron chi connectivity index (χ3n) is 2.16. The van der Waals surface area contributed by atoms with Crippen molar-refractivity contribution in [2.24, 2.45) is 0 Å². The van der Waals surface area contributed by atoms with Crippen molar-refractivity contribution in [2.45, 2.75) is 6.73 Å². The van der Waals surface area contributed by atoms with Gasteiger partial charge in [0, 0.05) is 30.4 Å². The SMILES string of the molecule is N#Cc1cn(CO)cc1-c1ccncc1. The smallest absolute Gasteiger partial charge is 0.119 e. The quantitative estimate of drug-likeness (QED) is 0.794. The topological polar surface area (TPSA) is 61.8 Å². The summed E-state index contributed by atoms with van der Waals surface area (Å²) in [5.74, 6) is 0. The highest BCUT2D eigenvalue weighted by Gasteiger charge is 2.07. The van der Waals surface area contributed by atoms with E-state index in [-0.39, 0.29) is 6.73 Å². The first-order valence-corrected chi connectivity index (χ1v) is 4.46. The Morgan fingerprint density at radius 1 is 1.33 bits per heavy atom. The average molecular weight is 199 g/mol. The van der Waals surface area contributed by atoms with E-state index in [0.29, 0.717) is 5.56 Å². The number of aliphatic hydroxyl groups excluding tert-OH is 1. The van der Waals surface area contributed by atoms with Gasteiger partial charge in [0.05, 0.1) is 5.56 Å². The largest absolute Gasteiger partial charge is 0.376 e. The van der Waals surface area contributed by atoms with Gasteiger partial charge in [0.2, 0.25) is 0 Å². The predicted molar refractivity (Wildman–Crippen MR) is 54.6 cm³/mol. The maximum absolute atomic E-state index is 8.96. The zero-order chi connectivity index (χ0) is 10.7. The number of hydrogen-bond acceptors (Lipinski definition) is 3. The molecule has 2 aromatic heterocycles. The van der Waals surface area contributed by atoms with Gasteiger partial charge in [-0.25, -0.2) is 0 Å². The van der Waals surface area contributed by atoms with Crippen LogP contribution in [-0.4, -0.2) is 14.7 Å². The Hall–Kier alpha value is -2.12. The van der Waals surface area contributed by atoms with Crippen LogP contribution in [0.5, 0.6) is 0 Å². The lowest BCUT2D eigenvalue weighted by atomic mass is 10.1. The molecule has 0 amide bonds. The molecule has 2 heterocycles. The van der Waals surface area contributed by atoms with Crippen LogP contribution in [0.15, 0.2) is 36.9 Å². The minimum absolute atomic E-state index is 0.125. The van der Waals surface area contributed by atoms with Gasteiger partial charge >= 0.3 is 0 Å². The molecule has 0 aliphatic rings. The van der Waals surface area contributed by atoms with E-state index in [0.717, 1.165) is 11.1 Å². The Morgan fingerprint density at radius 3 is 2.67 bits per heavy atom. The minimum atomic E-state index is -0.125. The van der Waals surface area contributed by atoms with E-state index in [9.17, 15) is 0 Å². The van der Waals surface area contributed by atoms with Crippen molar-refractivity contribution < 1.29 is 5.11 Å². The monoisotopic (exact) mass is 199 g/mol. The van der Waals surface area contributed by atoms with Gasteiger partial charge < -0.3 is 9.67 Å². The standard InChI is InChI=1S/C11H9N3O/c12-5-10-6-14(8-15)7-11(10)9-1-3-13-4-2-9/h1-4,6-7,15H,8H2. The molecule has 0 aliphatic heterocycles. The second-order valence-electron chi connectivity index (χ2n) is 3.09. The van der Waals surface area contributed by atoms with Crippen molar-refractivity contribution in [1.82, 2.24) is 9.55 Å². The molecular formula is C11H9N3O. The lowest BCUT2D eigenvalue weighted by Crippen LogP contribution is -1.90. The molecule has 0 spiro atoms. The molecule has 0 aromatic carbocycles. The number of pyridine rings is 1. The lowest BCUT2D eigenvalue weighted by Gasteiger charge is -1.96. The van der Waals surface area contributed by atoms with Crippen molar-refractivity contribution in [3.05, 3.63) is 42.5 Å². The second-order valence-corrected chi connectivity index (χ2v) is 3.09. The molecule has 0 bridgehead atoms. The number of aromatic nitrogens is 2. The van der Waals surface area contributed by atoms with E-state index in [4.69, 9.17) is 10.4 Å². The highest BCUT2D eigenvalue weighted by Crippen LogP contribution is 2.23. The van der Waals surface area contributed by atoms with Gasteiger partial charge in [0.25, 0.3) is 0 Å². The van der Waals surface area contributed by atoms with Crippen LogP contribution in [0, 0.1) is 11.3 Å². The number of nitrogens with zero attached hydrogens (tertiary/aromatic N) is 3. The molecule has 15 heavy (non-hydrogen) atoms. The Labute approximate surface area is 87.0 Å². The fourth-order valence-corrected chi connectivity index (χ4v) is 1.44. The average Bonchev–Trinajstić information content (AvgIpc) is 2.73. The molecule has 0 saturated carbocycles. The van der Waals surface area contributed by atoms with Crippen molar-refractivity contribution in [2.75, 3.05) is 0 Å². The molecule has 2 aromatic rings. The molecule has 4 nitrogen and oxygen atoms in total. The summed E-state index contributed by atoms with van der Waals surface area (Å²) in [7, 11) is 0. The van der Waals surface area contributed by atoms with E-state index < -0.39 is 0 Å². The summed E-state index contributed by atoms with van der Waals surface area (Å²) in [6, 6.07) is 5.76. The summed E-state index contributed by atoms with van der Waals surface area (Å²) in [5.41, 5.74) is 2.29. The minimum Gasteiger partial charge on any atom is -0.376 e. The molecule has 2 rings (SSSR count). The first-order chi connectivity index (χ1) is 7.35. The molecule has 0 atom stereocenters. The summed E-state index contributed by atoms with van der Waals surface area (Å²) in [6.07, 6.45) is 6.71. The van der Waals surface area contributed by atoms with Crippen LogP contribution >= 0.6 is 0 Å². The summed E-state index contributed by atoms with van der Waals surface area (Å²) < 4.78 is 1.56. The normalized spacial score (nSPS) is 9.87. The van der Waals surface area contributed by atoms with Crippen molar-refractivity contribution >= 4 is 0 Å². The van der Waals surface area contributed by atoms with Crippen LogP contribution in [0.1, 0.15) is 5.56 Å². The molecular weight excluding hydrogens is 190 g/mol. The van der Waals surface area contributed by atoms with Crippen molar-refractivity contribution in [1.29, 1.82) is 5.26 Å². The first-order valence-electron chi connectivity index (χ1n) is 4.46. The van der Waals surface area contributed by atoms with Gasteiger partial charge in [-0.1, -0.05) is 0 Å². The van der Waals surface area contributed by atoms with Crippen LogP contribution in [-0.2, 0) is 6.73 Å². The zero-order valence-electron chi connectivity index (χ0n) is 7.96. The van der Waals surface area contributed by atoms with Gasteiger partial charge in [0.15, 0.2) is 0 Å². The Balaban J connectivity index is 2.53. The first kappa shape index (κ1) is 9.44. The number of rotatable bonds is 2. The maximum Gasteiger partial charge on any atom is 0.119 e. The highest BCUT2D eigenvalue weighted by atomic mass is 16.3. The third-order valence-corrected chi connectivity index (χ3v) is 2.16. The number of nitriles is 1. The van der Waals surface area contributed by atoms with Crippen LogP contribution in [0.2, 0.25) is 0 Å². The summed E-state index contributed by atoms with van der Waals surface area (Å²) >= 11 is 0. The molecule has 74 valence electrons. The number of aliphatic hydroxyl groups is 1. The maximum atomic E-state index is 8.96. The molecule has 0 saturated heterocycles. The molecule has 4 heteroatoms. The van der Waals surface area contributed by atoms with Crippen LogP contribution in [0.3, 0.4) is 0 Å². The Morgan fingerprint density at radius 2 is 2.07 bits per heavy atom. The zero-order valence-corrected chi connectivity index (χ0v) is 7.96. The van der Waals surface area contributed by atoms with E-state index in [1.165, 1.54) is 0 Å². The van der Waals surface area contributed by atoms with Gasteiger partial charge in [-0.3, -0.25) is 4.98 Å². The van der Waals surface area contributed by atoms with Crippen LogP contribution in [0.25, 0.3) is 11.1 Å². The van der Waals surface area contributed by atoms with Crippen LogP contribution < -0.4 is 0 Å². The lowest BCUT2D eigenvalue weighted by molar-refractivity contribution is 0.211. The molecule has 1 N–H and O–H groups in total. The second kappa shape index (κ2) is 3.95. The Bertz CT molecular complexity index is 496. The van der Waals surface area contributed by atoms with E-state index in [1.807, 2.05) is 12.1 Å². The molecule has 0 fully saturated rings. The van der Waals surface area contributed by atoms with Gasteiger partial charge in [-0.05, 0) is 17.7 Å². The molecule has 0 radical (unpaired) electrons. The molecule has 0 unspecified atom stereocenters. The van der Waals surface area contributed by atoms with Crippen molar-refractivity contribution in [3.8, 4) is 17.2 Å². The summed E-state index contributed by atoms with van der Waals surface area (Å²) in [6.45, 7) is -0.125. The van der Waals surface area contributed by atoms with Gasteiger partial charge in [-0.2, -0.15) is 5.26 Å². The predicted octanol–water partition coefficient (Wildman–Crippen LogP) is 1.37. The molecule has 0 aliphatic carbocycles. The Kier molecular flexibility index (Phi) is 2.48. The van der Waals surface area contributed by atoms with E-state index in [2.05, 4.69) is 11.1 Å². The fourth-order valence-electron chi connectivity index (χ4n) is 1.44. The summed E-state index contributed by atoms with van der Waals surface area (Å²) in [4.78, 5) is 3.91. The number of hydrogen-bond donors (Lipinski definition) is 1. The third kappa shape index (κ3) is 1.73. The highest BCUT2D eigenvalue weighted by molar-refractivity contribution is 5.69. The van der Waals surface area contributed by atoms with Gasteiger partial charge in [0.1, 0.15) is 12.8 Å².